The molecule has 3 rings (SSSR count). The Bertz CT molecular complexity index is 585. The number of piperidine rings is 1. The Morgan fingerprint density at radius 2 is 1.88 bits per heavy atom. The number of rotatable bonds is 6. The lowest BCUT2D eigenvalue weighted by molar-refractivity contribution is -0.130. The van der Waals surface area contributed by atoms with E-state index in [1.54, 1.807) is 31.4 Å². The molecule has 6 nitrogen and oxygen atoms in total. The zero-order valence-corrected chi connectivity index (χ0v) is 14.1. The van der Waals surface area contributed by atoms with Gasteiger partial charge in [-0.25, -0.2) is 0 Å². The van der Waals surface area contributed by atoms with Gasteiger partial charge in [-0.15, -0.1) is 0 Å². The SMILES string of the molecule is COCC1(C(=O)Nc2ccc(C(=O)NC3CC3)cc2)CCNCC1. The molecule has 130 valence electrons. The summed E-state index contributed by atoms with van der Waals surface area (Å²) in [5, 5.41) is 9.21. The summed E-state index contributed by atoms with van der Waals surface area (Å²) in [6, 6.07) is 7.39. The van der Waals surface area contributed by atoms with E-state index in [-0.39, 0.29) is 11.8 Å². The molecule has 1 saturated carbocycles. The molecule has 0 atom stereocenters. The Morgan fingerprint density at radius 1 is 1.21 bits per heavy atom. The molecular formula is C18H25N3O3. The average Bonchev–Trinajstić information content (AvgIpc) is 3.40. The summed E-state index contributed by atoms with van der Waals surface area (Å²) in [5.41, 5.74) is 0.840. The van der Waals surface area contributed by atoms with Gasteiger partial charge in [-0.1, -0.05) is 0 Å². The summed E-state index contributed by atoms with van der Waals surface area (Å²) < 4.78 is 5.30. The fourth-order valence-corrected chi connectivity index (χ4v) is 3.08. The van der Waals surface area contributed by atoms with E-state index in [1.165, 1.54) is 0 Å². The van der Waals surface area contributed by atoms with Crippen molar-refractivity contribution in [1.29, 1.82) is 0 Å². The van der Waals surface area contributed by atoms with Crippen molar-refractivity contribution >= 4 is 17.5 Å². The Kier molecular flexibility index (Phi) is 5.16. The van der Waals surface area contributed by atoms with Gasteiger partial charge in [-0.05, 0) is 63.0 Å². The second kappa shape index (κ2) is 7.32. The molecule has 24 heavy (non-hydrogen) atoms. The van der Waals surface area contributed by atoms with Crippen LogP contribution in [0.1, 0.15) is 36.0 Å². The van der Waals surface area contributed by atoms with E-state index in [9.17, 15) is 9.59 Å². The van der Waals surface area contributed by atoms with Crippen LogP contribution in [0.2, 0.25) is 0 Å². The van der Waals surface area contributed by atoms with Crippen LogP contribution in [0.3, 0.4) is 0 Å². The molecule has 2 fully saturated rings. The van der Waals surface area contributed by atoms with E-state index in [1.807, 2.05) is 0 Å². The molecule has 1 aliphatic heterocycles. The van der Waals surface area contributed by atoms with Gasteiger partial charge in [0.25, 0.3) is 5.91 Å². The molecule has 0 aromatic heterocycles. The van der Waals surface area contributed by atoms with E-state index >= 15 is 0 Å². The van der Waals surface area contributed by atoms with Crippen LogP contribution in [0.4, 0.5) is 5.69 Å². The first-order valence-corrected chi connectivity index (χ1v) is 8.55. The number of hydrogen-bond acceptors (Lipinski definition) is 4. The normalized spacial score (nSPS) is 19.5. The third kappa shape index (κ3) is 3.94. The van der Waals surface area contributed by atoms with Crippen LogP contribution in [0.15, 0.2) is 24.3 Å². The zero-order valence-electron chi connectivity index (χ0n) is 14.1. The van der Waals surface area contributed by atoms with Crippen molar-refractivity contribution in [1.82, 2.24) is 10.6 Å². The minimum absolute atomic E-state index is 0.0129. The van der Waals surface area contributed by atoms with Gasteiger partial charge in [0.2, 0.25) is 5.91 Å². The third-order valence-electron chi connectivity index (χ3n) is 4.78. The molecule has 1 aliphatic carbocycles. The Balaban J connectivity index is 1.63. The van der Waals surface area contributed by atoms with Crippen molar-refractivity contribution in [3.8, 4) is 0 Å². The first-order valence-electron chi connectivity index (χ1n) is 8.55. The molecule has 3 N–H and O–H groups in total. The number of hydrogen-bond donors (Lipinski definition) is 3. The highest BCUT2D eigenvalue weighted by molar-refractivity contribution is 5.97. The van der Waals surface area contributed by atoms with Gasteiger partial charge in [-0.2, -0.15) is 0 Å². The topological polar surface area (TPSA) is 79.5 Å². The molecule has 1 aromatic carbocycles. The smallest absolute Gasteiger partial charge is 0.251 e. The number of amides is 2. The van der Waals surface area contributed by atoms with Gasteiger partial charge in [0.05, 0.1) is 12.0 Å². The second-order valence-electron chi connectivity index (χ2n) is 6.74. The van der Waals surface area contributed by atoms with E-state index in [4.69, 9.17) is 4.74 Å². The van der Waals surface area contributed by atoms with Gasteiger partial charge in [0.15, 0.2) is 0 Å². The molecule has 1 heterocycles. The van der Waals surface area contributed by atoms with Crippen LogP contribution >= 0.6 is 0 Å². The summed E-state index contributed by atoms with van der Waals surface area (Å²) in [7, 11) is 1.63. The maximum atomic E-state index is 12.8. The van der Waals surface area contributed by atoms with E-state index < -0.39 is 5.41 Å². The average molecular weight is 331 g/mol. The zero-order chi connectivity index (χ0) is 17.0. The van der Waals surface area contributed by atoms with Crippen LogP contribution in [0.25, 0.3) is 0 Å². The summed E-state index contributed by atoms with van der Waals surface area (Å²) in [4.78, 5) is 24.7. The van der Waals surface area contributed by atoms with Crippen LogP contribution in [0.5, 0.6) is 0 Å². The van der Waals surface area contributed by atoms with Crippen LogP contribution < -0.4 is 16.0 Å². The molecule has 0 bridgehead atoms. The predicted molar refractivity (Wildman–Crippen MR) is 92.0 cm³/mol. The summed E-state index contributed by atoms with van der Waals surface area (Å²) in [6.07, 6.45) is 3.65. The molecule has 6 heteroatoms. The van der Waals surface area contributed by atoms with Crippen molar-refractivity contribution in [2.75, 3.05) is 32.1 Å². The van der Waals surface area contributed by atoms with Crippen molar-refractivity contribution in [2.24, 2.45) is 5.41 Å². The third-order valence-corrected chi connectivity index (χ3v) is 4.78. The van der Waals surface area contributed by atoms with Gasteiger partial charge < -0.3 is 20.7 Å². The minimum Gasteiger partial charge on any atom is -0.384 e. The lowest BCUT2D eigenvalue weighted by Crippen LogP contribution is -2.47. The largest absolute Gasteiger partial charge is 0.384 e. The van der Waals surface area contributed by atoms with Crippen LogP contribution in [-0.2, 0) is 9.53 Å². The van der Waals surface area contributed by atoms with Crippen molar-refractivity contribution in [2.45, 2.75) is 31.7 Å². The number of carbonyl (C=O) groups excluding carboxylic acids is 2. The number of anilines is 1. The van der Waals surface area contributed by atoms with Crippen molar-refractivity contribution in [3.05, 3.63) is 29.8 Å². The van der Waals surface area contributed by atoms with Gasteiger partial charge in [-0.3, -0.25) is 9.59 Å². The fourth-order valence-electron chi connectivity index (χ4n) is 3.08. The highest BCUT2D eigenvalue weighted by Crippen LogP contribution is 2.31. The van der Waals surface area contributed by atoms with E-state index in [2.05, 4.69) is 16.0 Å². The minimum atomic E-state index is -0.484. The number of methoxy groups -OCH3 is 1. The standard InChI is InChI=1S/C18H25N3O3/c1-24-12-18(8-10-19-11-9-18)17(23)21-15-4-2-13(3-5-15)16(22)20-14-6-7-14/h2-5,14,19H,6-12H2,1H3,(H,20,22)(H,21,23). The molecule has 1 aromatic rings. The predicted octanol–water partition coefficient (Wildman–Crippen LogP) is 1.53. The summed E-state index contributed by atoms with van der Waals surface area (Å²) in [5.74, 6) is -0.0642. The summed E-state index contributed by atoms with van der Waals surface area (Å²) in [6.45, 7) is 2.05. The number of nitrogens with one attached hydrogen (secondary N) is 3. The molecular weight excluding hydrogens is 306 g/mol. The maximum absolute atomic E-state index is 12.8. The number of ether oxygens (including phenoxy) is 1. The Hall–Kier alpha value is -1.92. The maximum Gasteiger partial charge on any atom is 0.251 e. The number of benzene rings is 1. The molecule has 2 aliphatic rings. The second-order valence-corrected chi connectivity index (χ2v) is 6.74. The van der Waals surface area contributed by atoms with Crippen LogP contribution in [-0.4, -0.2) is 44.7 Å². The quantitative estimate of drug-likeness (QED) is 0.739. The lowest BCUT2D eigenvalue weighted by atomic mass is 9.78. The fraction of sp³-hybridized carbons (Fsp3) is 0.556. The van der Waals surface area contributed by atoms with E-state index in [0.717, 1.165) is 38.8 Å². The molecule has 1 saturated heterocycles. The lowest BCUT2D eigenvalue weighted by Gasteiger charge is -2.35. The Morgan fingerprint density at radius 3 is 2.46 bits per heavy atom. The molecule has 2 amide bonds. The van der Waals surface area contributed by atoms with Gasteiger partial charge in [0, 0.05) is 24.4 Å². The van der Waals surface area contributed by atoms with Gasteiger partial charge >= 0.3 is 0 Å². The van der Waals surface area contributed by atoms with E-state index in [0.29, 0.717) is 23.9 Å². The van der Waals surface area contributed by atoms with Crippen molar-refractivity contribution < 1.29 is 14.3 Å². The first kappa shape index (κ1) is 16.9. The Labute approximate surface area is 142 Å². The van der Waals surface area contributed by atoms with Crippen molar-refractivity contribution in [3.63, 3.8) is 0 Å². The highest BCUT2D eigenvalue weighted by atomic mass is 16.5. The van der Waals surface area contributed by atoms with Gasteiger partial charge in [0.1, 0.15) is 0 Å². The first-order chi connectivity index (χ1) is 11.6. The molecule has 0 spiro atoms. The summed E-state index contributed by atoms with van der Waals surface area (Å²) >= 11 is 0. The molecule has 0 unspecified atom stereocenters. The monoisotopic (exact) mass is 331 g/mol. The highest BCUT2D eigenvalue weighted by Gasteiger charge is 2.39. The molecule has 0 radical (unpaired) electrons. The number of carbonyl (C=O) groups is 2. The van der Waals surface area contributed by atoms with Crippen LogP contribution in [0, 0.1) is 5.41 Å².